The number of piperidine rings is 1. The van der Waals surface area contributed by atoms with Crippen molar-refractivity contribution in [2.24, 2.45) is 5.92 Å². The molecule has 3 rings (SSSR count). The van der Waals surface area contributed by atoms with Gasteiger partial charge in [-0.25, -0.2) is 0 Å². The highest BCUT2D eigenvalue weighted by molar-refractivity contribution is 9.10. The van der Waals surface area contributed by atoms with Crippen LogP contribution in [0.25, 0.3) is 0 Å². The Hall–Kier alpha value is -0.670. The van der Waals surface area contributed by atoms with Crippen LogP contribution in [0.3, 0.4) is 0 Å². The van der Waals surface area contributed by atoms with Crippen LogP contribution in [0.15, 0.2) is 28.7 Å². The van der Waals surface area contributed by atoms with Gasteiger partial charge in [-0.15, -0.1) is 0 Å². The molecule has 0 bridgehead atoms. The number of rotatable bonds is 5. The van der Waals surface area contributed by atoms with Crippen LogP contribution in [0.5, 0.6) is 0 Å². The molecule has 0 N–H and O–H groups in total. The molecule has 114 valence electrons. The Morgan fingerprint density at radius 1 is 1.14 bits per heavy atom. The quantitative estimate of drug-likeness (QED) is 0.719. The summed E-state index contributed by atoms with van der Waals surface area (Å²) in [5, 5.41) is 0. The Labute approximate surface area is 136 Å². The average molecular weight is 350 g/mol. The second-order valence-corrected chi connectivity index (χ2v) is 7.39. The number of halogens is 1. The molecule has 21 heavy (non-hydrogen) atoms. The van der Waals surface area contributed by atoms with E-state index in [9.17, 15) is 4.79 Å². The zero-order valence-corrected chi connectivity index (χ0v) is 14.1. The van der Waals surface area contributed by atoms with Crippen LogP contribution < -0.4 is 0 Å². The molecule has 1 heterocycles. The third-order valence-corrected chi connectivity index (χ3v) is 5.65. The van der Waals surface area contributed by atoms with E-state index in [2.05, 4.69) is 20.8 Å². The summed E-state index contributed by atoms with van der Waals surface area (Å²) in [5.74, 6) is 1.23. The minimum absolute atomic E-state index is 0.280. The van der Waals surface area contributed by atoms with Crippen molar-refractivity contribution in [3.8, 4) is 0 Å². The minimum atomic E-state index is 0.280. The lowest BCUT2D eigenvalue weighted by atomic mass is 9.91. The van der Waals surface area contributed by atoms with Crippen molar-refractivity contribution < 1.29 is 4.79 Å². The van der Waals surface area contributed by atoms with Gasteiger partial charge in [0.05, 0.1) is 0 Å². The first-order valence-electron chi connectivity index (χ1n) is 8.27. The van der Waals surface area contributed by atoms with Crippen LogP contribution in [0.2, 0.25) is 0 Å². The van der Waals surface area contributed by atoms with Crippen LogP contribution >= 0.6 is 15.9 Å². The van der Waals surface area contributed by atoms with Crippen LogP contribution in [0, 0.1) is 5.92 Å². The number of carbonyl (C=O) groups excluding carboxylic acids is 1. The number of ketones is 1. The van der Waals surface area contributed by atoms with E-state index in [1.54, 1.807) is 0 Å². The van der Waals surface area contributed by atoms with E-state index in [0.29, 0.717) is 6.42 Å². The molecule has 0 spiro atoms. The maximum Gasteiger partial charge on any atom is 0.162 e. The van der Waals surface area contributed by atoms with E-state index in [-0.39, 0.29) is 5.78 Å². The van der Waals surface area contributed by atoms with Gasteiger partial charge in [0.2, 0.25) is 0 Å². The summed E-state index contributed by atoms with van der Waals surface area (Å²) in [7, 11) is 0. The predicted octanol–water partition coefficient (Wildman–Crippen LogP) is 4.68. The largest absolute Gasteiger partial charge is 0.300 e. The third-order valence-electron chi connectivity index (χ3n) is 5.12. The summed E-state index contributed by atoms with van der Waals surface area (Å²) in [6.07, 6.45) is 8.67. The highest BCUT2D eigenvalue weighted by Gasteiger charge is 2.34. The number of likely N-dealkylation sites (tertiary alicyclic amines) is 1. The Balaban J connectivity index is 1.47. The van der Waals surface area contributed by atoms with Crippen LogP contribution in [-0.2, 0) is 0 Å². The van der Waals surface area contributed by atoms with Gasteiger partial charge in [-0.2, -0.15) is 0 Å². The molecule has 0 amide bonds. The van der Waals surface area contributed by atoms with E-state index < -0.39 is 0 Å². The predicted molar refractivity (Wildman–Crippen MR) is 89.6 cm³/mol. The van der Waals surface area contributed by atoms with Crippen LogP contribution in [0.4, 0.5) is 0 Å². The lowest BCUT2D eigenvalue weighted by Gasteiger charge is -2.37. The van der Waals surface area contributed by atoms with Crippen LogP contribution in [0.1, 0.15) is 55.3 Å². The lowest BCUT2D eigenvalue weighted by molar-refractivity contribution is 0.0933. The fraction of sp³-hybridized carbons (Fsp3) is 0.611. The normalized spacial score (nSPS) is 25.8. The molecule has 2 unspecified atom stereocenters. The first-order chi connectivity index (χ1) is 10.2. The van der Waals surface area contributed by atoms with E-state index >= 15 is 0 Å². The van der Waals surface area contributed by atoms with Gasteiger partial charge >= 0.3 is 0 Å². The van der Waals surface area contributed by atoms with Crippen molar-refractivity contribution >= 4 is 21.7 Å². The molecule has 1 aliphatic carbocycles. The maximum atomic E-state index is 12.2. The fourth-order valence-corrected chi connectivity index (χ4v) is 4.32. The summed E-state index contributed by atoms with van der Waals surface area (Å²) in [5.41, 5.74) is 0.843. The monoisotopic (exact) mass is 349 g/mol. The Morgan fingerprint density at radius 3 is 2.71 bits per heavy atom. The summed E-state index contributed by atoms with van der Waals surface area (Å²) in [6.45, 7) is 2.34. The molecule has 1 aromatic carbocycles. The Morgan fingerprint density at radius 2 is 1.90 bits per heavy atom. The maximum absolute atomic E-state index is 12.2. The molecular weight excluding hydrogens is 326 g/mol. The Bertz CT molecular complexity index is 484. The molecule has 2 aliphatic rings. The first-order valence-corrected chi connectivity index (χ1v) is 9.06. The zero-order valence-electron chi connectivity index (χ0n) is 12.6. The molecule has 1 aromatic rings. The molecular formula is C18H24BrNO. The van der Waals surface area contributed by atoms with Gasteiger partial charge in [0.15, 0.2) is 5.78 Å². The second kappa shape index (κ2) is 7.06. The molecule has 1 saturated carbocycles. The molecule has 1 aliphatic heterocycles. The zero-order chi connectivity index (χ0) is 14.7. The highest BCUT2D eigenvalue weighted by Crippen LogP contribution is 2.36. The number of nitrogens with zero attached hydrogens (tertiary/aromatic N) is 1. The molecule has 0 aromatic heterocycles. The van der Waals surface area contributed by atoms with Gasteiger partial charge in [0.25, 0.3) is 0 Å². The number of carbonyl (C=O) groups is 1. The molecule has 2 fully saturated rings. The van der Waals surface area contributed by atoms with E-state index in [0.717, 1.165) is 35.0 Å². The number of fused-ring (bicyclic) bond motifs is 1. The van der Waals surface area contributed by atoms with Gasteiger partial charge in [0, 0.05) is 22.5 Å². The highest BCUT2D eigenvalue weighted by atomic mass is 79.9. The van der Waals surface area contributed by atoms with Crippen molar-refractivity contribution in [3.63, 3.8) is 0 Å². The van der Waals surface area contributed by atoms with Crippen LogP contribution in [-0.4, -0.2) is 29.8 Å². The summed E-state index contributed by atoms with van der Waals surface area (Å²) in [4.78, 5) is 14.9. The number of hydrogen-bond donors (Lipinski definition) is 0. The van der Waals surface area contributed by atoms with E-state index in [1.165, 1.54) is 38.6 Å². The fourth-order valence-electron chi connectivity index (χ4n) is 4.06. The molecule has 3 heteroatoms. The smallest absolute Gasteiger partial charge is 0.162 e. The average Bonchev–Trinajstić information content (AvgIpc) is 2.97. The van der Waals surface area contributed by atoms with E-state index in [1.807, 2.05) is 24.3 Å². The molecule has 1 saturated heterocycles. The van der Waals surface area contributed by atoms with Gasteiger partial charge in [0.1, 0.15) is 0 Å². The van der Waals surface area contributed by atoms with Gasteiger partial charge < -0.3 is 4.90 Å². The van der Waals surface area contributed by atoms with Crippen molar-refractivity contribution in [1.29, 1.82) is 0 Å². The SMILES string of the molecule is O=C(CCCN1CCCC2CCCC21)c1ccc(Br)cc1. The first kappa shape index (κ1) is 15.2. The number of Topliss-reactive ketones (excluding diaryl/α,β-unsaturated/α-hetero) is 1. The van der Waals surface area contributed by atoms with Crippen molar-refractivity contribution in [2.75, 3.05) is 13.1 Å². The number of hydrogen-bond acceptors (Lipinski definition) is 2. The summed E-state index contributed by atoms with van der Waals surface area (Å²) in [6, 6.07) is 8.55. The Kier molecular flexibility index (Phi) is 5.12. The van der Waals surface area contributed by atoms with Crippen molar-refractivity contribution in [2.45, 2.75) is 51.0 Å². The molecule has 2 atom stereocenters. The standard InChI is InChI=1S/C18H24BrNO/c19-16-10-8-15(9-11-16)18(21)7-3-13-20-12-2-5-14-4-1-6-17(14)20/h8-11,14,17H,1-7,12-13H2. The van der Waals surface area contributed by atoms with Crippen molar-refractivity contribution in [3.05, 3.63) is 34.3 Å². The third kappa shape index (κ3) is 3.75. The molecule has 0 radical (unpaired) electrons. The summed E-state index contributed by atoms with van der Waals surface area (Å²) >= 11 is 3.41. The van der Waals surface area contributed by atoms with Crippen molar-refractivity contribution in [1.82, 2.24) is 4.90 Å². The minimum Gasteiger partial charge on any atom is -0.300 e. The van der Waals surface area contributed by atoms with Gasteiger partial charge in [-0.1, -0.05) is 34.5 Å². The molecule has 2 nitrogen and oxygen atoms in total. The lowest BCUT2D eigenvalue weighted by Crippen LogP contribution is -2.43. The topological polar surface area (TPSA) is 20.3 Å². The van der Waals surface area contributed by atoms with Gasteiger partial charge in [-0.05, 0) is 63.2 Å². The second-order valence-electron chi connectivity index (χ2n) is 6.47. The summed E-state index contributed by atoms with van der Waals surface area (Å²) < 4.78 is 1.03. The van der Waals surface area contributed by atoms with E-state index in [4.69, 9.17) is 0 Å². The number of benzene rings is 1. The van der Waals surface area contributed by atoms with Gasteiger partial charge in [-0.3, -0.25) is 4.79 Å².